The summed E-state index contributed by atoms with van der Waals surface area (Å²) in [6.45, 7) is 3.10. The summed E-state index contributed by atoms with van der Waals surface area (Å²) < 4.78 is 0.920. The molecule has 0 unspecified atom stereocenters. The Bertz CT molecular complexity index is 500. The average Bonchev–Trinajstić information content (AvgIpc) is 3.12. The molecule has 0 atom stereocenters. The van der Waals surface area contributed by atoms with E-state index >= 15 is 0 Å². The van der Waals surface area contributed by atoms with Crippen molar-refractivity contribution in [2.75, 3.05) is 18.0 Å². The Balaban J connectivity index is 2.32. The van der Waals surface area contributed by atoms with Crippen LogP contribution < -0.4 is 4.90 Å². The van der Waals surface area contributed by atoms with Gasteiger partial charge < -0.3 is 4.90 Å². The fourth-order valence-corrected chi connectivity index (χ4v) is 2.40. The molecule has 0 spiro atoms. The SMILES string of the molecule is C#CCN(CC1CC1)c1ccc(Br)cc1C(C)=O. The zero-order valence-corrected chi connectivity index (χ0v) is 12.0. The van der Waals surface area contributed by atoms with Crippen molar-refractivity contribution in [1.82, 2.24) is 0 Å². The maximum atomic E-state index is 11.7. The van der Waals surface area contributed by atoms with Crippen LogP contribution >= 0.6 is 15.9 Å². The number of Topliss-reactive ketones (excluding diaryl/α,β-unsaturated/α-hetero) is 1. The second-order valence-corrected chi connectivity index (χ2v) is 5.66. The molecular formula is C15H16BrNO. The van der Waals surface area contributed by atoms with E-state index in [2.05, 4.69) is 26.8 Å². The Morgan fingerprint density at radius 2 is 2.28 bits per heavy atom. The molecule has 0 amide bonds. The molecule has 0 heterocycles. The first-order valence-corrected chi connectivity index (χ1v) is 6.90. The highest BCUT2D eigenvalue weighted by molar-refractivity contribution is 9.10. The first-order valence-electron chi connectivity index (χ1n) is 6.10. The Morgan fingerprint density at radius 1 is 1.56 bits per heavy atom. The summed E-state index contributed by atoms with van der Waals surface area (Å²) in [6.07, 6.45) is 7.97. The van der Waals surface area contributed by atoms with E-state index in [4.69, 9.17) is 6.42 Å². The lowest BCUT2D eigenvalue weighted by Gasteiger charge is -2.24. The lowest BCUT2D eigenvalue weighted by Crippen LogP contribution is -2.27. The smallest absolute Gasteiger partial charge is 0.161 e. The van der Waals surface area contributed by atoms with E-state index in [0.29, 0.717) is 6.54 Å². The summed E-state index contributed by atoms with van der Waals surface area (Å²) in [4.78, 5) is 13.9. The monoisotopic (exact) mass is 305 g/mol. The molecule has 2 nitrogen and oxygen atoms in total. The van der Waals surface area contributed by atoms with Gasteiger partial charge in [-0.25, -0.2) is 0 Å². The maximum Gasteiger partial charge on any atom is 0.161 e. The molecule has 1 aromatic carbocycles. The number of benzene rings is 1. The van der Waals surface area contributed by atoms with Crippen LogP contribution in [0.5, 0.6) is 0 Å². The van der Waals surface area contributed by atoms with Crippen molar-refractivity contribution in [3.63, 3.8) is 0 Å². The molecule has 0 bridgehead atoms. The highest BCUT2D eigenvalue weighted by Gasteiger charge is 2.25. The van der Waals surface area contributed by atoms with E-state index in [0.717, 1.165) is 28.2 Å². The number of anilines is 1. The standard InChI is InChI=1S/C15H16BrNO/c1-3-8-17(10-12-4-5-12)15-7-6-13(16)9-14(15)11(2)18/h1,6-7,9,12H,4-5,8,10H2,2H3. The van der Waals surface area contributed by atoms with Crippen LogP contribution in [0.25, 0.3) is 0 Å². The first-order chi connectivity index (χ1) is 8.61. The minimum absolute atomic E-state index is 0.0733. The number of terminal acetylenes is 1. The topological polar surface area (TPSA) is 20.3 Å². The molecule has 0 aliphatic heterocycles. The normalized spacial score (nSPS) is 14.1. The van der Waals surface area contributed by atoms with E-state index in [-0.39, 0.29) is 5.78 Å². The van der Waals surface area contributed by atoms with Gasteiger partial charge in [-0.2, -0.15) is 0 Å². The zero-order chi connectivity index (χ0) is 13.1. The van der Waals surface area contributed by atoms with Gasteiger partial charge in [-0.05, 0) is 43.9 Å². The van der Waals surface area contributed by atoms with Crippen molar-refractivity contribution in [3.05, 3.63) is 28.2 Å². The van der Waals surface area contributed by atoms with Gasteiger partial charge >= 0.3 is 0 Å². The Labute approximate surface area is 116 Å². The number of carbonyl (C=O) groups is 1. The van der Waals surface area contributed by atoms with Gasteiger partial charge in [0.2, 0.25) is 0 Å². The quantitative estimate of drug-likeness (QED) is 0.613. The Hall–Kier alpha value is -1.27. The summed E-state index contributed by atoms with van der Waals surface area (Å²) in [5, 5.41) is 0. The second-order valence-electron chi connectivity index (χ2n) is 4.75. The lowest BCUT2D eigenvalue weighted by atomic mass is 10.1. The number of hydrogen-bond acceptors (Lipinski definition) is 2. The van der Waals surface area contributed by atoms with Crippen LogP contribution in [0.4, 0.5) is 5.69 Å². The summed E-state index contributed by atoms with van der Waals surface area (Å²) in [5.41, 5.74) is 1.69. The molecule has 0 saturated heterocycles. The number of nitrogens with zero attached hydrogens (tertiary/aromatic N) is 1. The van der Waals surface area contributed by atoms with Crippen LogP contribution in [-0.4, -0.2) is 18.9 Å². The van der Waals surface area contributed by atoms with Crippen LogP contribution in [0.2, 0.25) is 0 Å². The minimum atomic E-state index is 0.0733. The highest BCUT2D eigenvalue weighted by Crippen LogP contribution is 2.33. The van der Waals surface area contributed by atoms with E-state index in [9.17, 15) is 4.79 Å². The van der Waals surface area contributed by atoms with Crippen LogP contribution in [0, 0.1) is 18.3 Å². The number of carbonyl (C=O) groups excluding carboxylic acids is 1. The number of hydrogen-bond donors (Lipinski definition) is 0. The van der Waals surface area contributed by atoms with E-state index in [1.165, 1.54) is 12.8 Å². The molecule has 18 heavy (non-hydrogen) atoms. The van der Waals surface area contributed by atoms with Gasteiger partial charge in [0.15, 0.2) is 5.78 Å². The summed E-state index contributed by atoms with van der Waals surface area (Å²) in [7, 11) is 0. The van der Waals surface area contributed by atoms with Gasteiger partial charge in [0.1, 0.15) is 0 Å². The maximum absolute atomic E-state index is 11.7. The van der Waals surface area contributed by atoms with Gasteiger partial charge in [-0.1, -0.05) is 21.9 Å². The Morgan fingerprint density at radius 3 is 2.83 bits per heavy atom. The van der Waals surface area contributed by atoms with Crippen molar-refractivity contribution >= 4 is 27.4 Å². The van der Waals surface area contributed by atoms with E-state index in [1.54, 1.807) is 6.92 Å². The number of halogens is 1. The fourth-order valence-electron chi connectivity index (χ4n) is 2.04. The molecule has 1 aliphatic carbocycles. The van der Waals surface area contributed by atoms with E-state index < -0.39 is 0 Å². The van der Waals surface area contributed by atoms with Crippen molar-refractivity contribution in [1.29, 1.82) is 0 Å². The molecule has 94 valence electrons. The zero-order valence-electron chi connectivity index (χ0n) is 10.4. The fraction of sp³-hybridized carbons (Fsp3) is 0.400. The first kappa shape index (κ1) is 13.2. The van der Waals surface area contributed by atoms with Crippen molar-refractivity contribution in [2.45, 2.75) is 19.8 Å². The third-order valence-electron chi connectivity index (χ3n) is 3.14. The number of rotatable bonds is 5. The summed E-state index contributed by atoms with van der Waals surface area (Å²) in [6, 6.07) is 5.80. The molecule has 1 saturated carbocycles. The minimum Gasteiger partial charge on any atom is -0.360 e. The molecule has 1 aliphatic rings. The molecule has 1 aromatic rings. The molecule has 0 N–H and O–H groups in total. The predicted octanol–water partition coefficient (Wildman–Crippen LogP) is 3.50. The van der Waals surface area contributed by atoms with Crippen LogP contribution in [0.1, 0.15) is 30.1 Å². The second kappa shape index (κ2) is 5.58. The van der Waals surface area contributed by atoms with Crippen molar-refractivity contribution in [3.8, 4) is 12.3 Å². The van der Waals surface area contributed by atoms with Gasteiger partial charge in [0, 0.05) is 22.3 Å². The van der Waals surface area contributed by atoms with Gasteiger partial charge in [0.05, 0.1) is 6.54 Å². The molecule has 0 aromatic heterocycles. The lowest BCUT2D eigenvalue weighted by molar-refractivity contribution is 0.101. The predicted molar refractivity (Wildman–Crippen MR) is 77.9 cm³/mol. The average molecular weight is 306 g/mol. The van der Waals surface area contributed by atoms with Crippen LogP contribution in [0.15, 0.2) is 22.7 Å². The summed E-state index contributed by atoms with van der Waals surface area (Å²) in [5.74, 6) is 3.49. The molecule has 0 radical (unpaired) electrons. The summed E-state index contributed by atoms with van der Waals surface area (Å²) >= 11 is 3.40. The molecule has 3 heteroatoms. The van der Waals surface area contributed by atoms with Crippen LogP contribution in [-0.2, 0) is 0 Å². The Kier molecular flexibility index (Phi) is 4.08. The van der Waals surface area contributed by atoms with E-state index in [1.807, 2.05) is 18.2 Å². The highest BCUT2D eigenvalue weighted by atomic mass is 79.9. The van der Waals surface area contributed by atoms with Crippen molar-refractivity contribution < 1.29 is 4.79 Å². The van der Waals surface area contributed by atoms with Crippen molar-refractivity contribution in [2.24, 2.45) is 5.92 Å². The van der Waals surface area contributed by atoms with Gasteiger partial charge in [-0.15, -0.1) is 6.42 Å². The number of ketones is 1. The third-order valence-corrected chi connectivity index (χ3v) is 3.63. The largest absolute Gasteiger partial charge is 0.360 e. The van der Waals surface area contributed by atoms with Gasteiger partial charge in [-0.3, -0.25) is 4.79 Å². The molecular weight excluding hydrogens is 290 g/mol. The van der Waals surface area contributed by atoms with Crippen LogP contribution in [0.3, 0.4) is 0 Å². The third kappa shape index (κ3) is 3.14. The molecule has 2 rings (SSSR count). The molecule has 1 fully saturated rings. The van der Waals surface area contributed by atoms with Gasteiger partial charge in [0.25, 0.3) is 0 Å².